The van der Waals surface area contributed by atoms with Crippen LogP contribution in [-0.2, 0) is 9.53 Å². The number of halogens is 1. The highest BCUT2D eigenvalue weighted by atomic mass is 35.5. The van der Waals surface area contributed by atoms with Gasteiger partial charge in [-0.15, -0.1) is 0 Å². The molecule has 0 fully saturated rings. The second-order valence-corrected chi connectivity index (χ2v) is 6.25. The second-order valence-electron chi connectivity index (χ2n) is 5.82. The summed E-state index contributed by atoms with van der Waals surface area (Å²) in [4.78, 5) is 24.0. The summed E-state index contributed by atoms with van der Waals surface area (Å²) >= 11 is 5.89. The quantitative estimate of drug-likeness (QED) is 0.540. The molecule has 26 heavy (non-hydrogen) atoms. The monoisotopic (exact) mass is 375 g/mol. The Balaban J connectivity index is 1.90. The molecule has 2 aromatic rings. The minimum Gasteiger partial charge on any atom is -0.483 e. The van der Waals surface area contributed by atoms with Crippen molar-refractivity contribution in [2.75, 3.05) is 18.5 Å². The van der Waals surface area contributed by atoms with Crippen LogP contribution in [0, 0.1) is 6.92 Å². The lowest BCUT2D eigenvalue weighted by molar-refractivity contribution is -0.118. The predicted octanol–water partition coefficient (Wildman–Crippen LogP) is 4.62. The Labute approximate surface area is 158 Å². The first-order chi connectivity index (χ1) is 12.5. The number of carbonyl (C=O) groups excluding carboxylic acids is 2. The summed E-state index contributed by atoms with van der Waals surface area (Å²) in [6, 6.07) is 11.8. The standard InChI is InChI=1S/C20H22ClNO4/c1-3-4-10-25-20(24)15-6-5-7-17(12-15)22-19(23)13-26-18-9-8-16(21)11-14(18)2/h5-9,11-12H,3-4,10,13H2,1-2H3,(H,22,23). The second kappa shape index (κ2) is 9.82. The van der Waals surface area contributed by atoms with Crippen LogP contribution in [0.4, 0.5) is 5.69 Å². The number of rotatable bonds is 8. The molecule has 2 aromatic carbocycles. The van der Waals surface area contributed by atoms with Crippen LogP contribution in [0.5, 0.6) is 5.75 Å². The molecule has 1 N–H and O–H groups in total. The van der Waals surface area contributed by atoms with Crippen molar-refractivity contribution in [3.63, 3.8) is 0 Å². The van der Waals surface area contributed by atoms with E-state index in [9.17, 15) is 9.59 Å². The molecule has 0 spiro atoms. The summed E-state index contributed by atoms with van der Waals surface area (Å²) in [7, 11) is 0. The minimum atomic E-state index is -0.400. The average molecular weight is 376 g/mol. The summed E-state index contributed by atoms with van der Waals surface area (Å²) in [6.07, 6.45) is 1.78. The molecule has 0 aliphatic carbocycles. The fourth-order valence-corrected chi connectivity index (χ4v) is 2.46. The molecule has 138 valence electrons. The number of benzene rings is 2. The number of aryl methyl sites for hydroxylation is 1. The first-order valence-corrected chi connectivity index (χ1v) is 8.83. The van der Waals surface area contributed by atoms with E-state index in [-0.39, 0.29) is 12.5 Å². The molecule has 5 nitrogen and oxygen atoms in total. The van der Waals surface area contributed by atoms with Crippen molar-refractivity contribution in [3.05, 3.63) is 58.6 Å². The molecule has 6 heteroatoms. The van der Waals surface area contributed by atoms with Crippen molar-refractivity contribution in [2.24, 2.45) is 0 Å². The molecule has 0 saturated heterocycles. The molecule has 0 aliphatic rings. The van der Waals surface area contributed by atoms with Crippen molar-refractivity contribution in [3.8, 4) is 5.75 Å². The first-order valence-electron chi connectivity index (χ1n) is 8.45. The maximum absolute atomic E-state index is 12.1. The van der Waals surface area contributed by atoms with Gasteiger partial charge in [-0.2, -0.15) is 0 Å². The smallest absolute Gasteiger partial charge is 0.338 e. The summed E-state index contributed by atoms with van der Waals surface area (Å²) < 4.78 is 10.7. The molecular weight excluding hydrogens is 354 g/mol. The molecule has 0 bridgehead atoms. The average Bonchev–Trinajstić information content (AvgIpc) is 2.61. The topological polar surface area (TPSA) is 64.6 Å². The Hall–Kier alpha value is -2.53. The molecule has 0 aliphatic heterocycles. The van der Waals surface area contributed by atoms with E-state index < -0.39 is 5.97 Å². The normalized spacial score (nSPS) is 10.3. The van der Waals surface area contributed by atoms with E-state index in [0.29, 0.717) is 28.6 Å². The van der Waals surface area contributed by atoms with Crippen molar-refractivity contribution in [2.45, 2.75) is 26.7 Å². The zero-order valence-corrected chi connectivity index (χ0v) is 15.6. The van der Waals surface area contributed by atoms with E-state index in [2.05, 4.69) is 5.32 Å². The van der Waals surface area contributed by atoms with Crippen LogP contribution in [0.3, 0.4) is 0 Å². The van der Waals surface area contributed by atoms with Gasteiger partial charge >= 0.3 is 5.97 Å². The number of esters is 1. The third-order valence-electron chi connectivity index (χ3n) is 3.61. The summed E-state index contributed by atoms with van der Waals surface area (Å²) in [6.45, 7) is 4.12. The number of unbranched alkanes of at least 4 members (excludes halogenated alkanes) is 1. The number of hydrogen-bond donors (Lipinski definition) is 1. The molecule has 0 radical (unpaired) electrons. The number of ether oxygens (including phenoxy) is 2. The Morgan fingerprint density at radius 1 is 1.15 bits per heavy atom. The lowest BCUT2D eigenvalue weighted by Gasteiger charge is -2.10. The van der Waals surface area contributed by atoms with Gasteiger partial charge in [0.25, 0.3) is 5.91 Å². The van der Waals surface area contributed by atoms with E-state index in [0.717, 1.165) is 18.4 Å². The number of nitrogens with one attached hydrogen (secondary N) is 1. The molecular formula is C20H22ClNO4. The van der Waals surface area contributed by atoms with Crippen LogP contribution in [0.25, 0.3) is 0 Å². The van der Waals surface area contributed by atoms with Gasteiger partial charge in [0.2, 0.25) is 0 Å². The van der Waals surface area contributed by atoms with Crippen LogP contribution in [0.2, 0.25) is 5.02 Å². The van der Waals surface area contributed by atoms with Gasteiger partial charge in [-0.3, -0.25) is 4.79 Å². The molecule has 0 atom stereocenters. The summed E-state index contributed by atoms with van der Waals surface area (Å²) in [5.41, 5.74) is 1.76. The van der Waals surface area contributed by atoms with Gasteiger partial charge in [0.1, 0.15) is 5.75 Å². The molecule has 0 saturated carbocycles. The lowest BCUT2D eigenvalue weighted by Crippen LogP contribution is -2.20. The van der Waals surface area contributed by atoms with Gasteiger partial charge in [0.15, 0.2) is 6.61 Å². The predicted molar refractivity (Wildman–Crippen MR) is 102 cm³/mol. The Morgan fingerprint density at radius 3 is 2.69 bits per heavy atom. The van der Waals surface area contributed by atoms with E-state index in [1.807, 2.05) is 13.8 Å². The molecule has 0 aromatic heterocycles. The number of amides is 1. The van der Waals surface area contributed by atoms with Crippen LogP contribution < -0.4 is 10.1 Å². The van der Waals surface area contributed by atoms with Gasteiger partial charge < -0.3 is 14.8 Å². The fourth-order valence-electron chi connectivity index (χ4n) is 2.23. The maximum atomic E-state index is 12.1. The van der Waals surface area contributed by atoms with Crippen molar-refractivity contribution < 1.29 is 19.1 Å². The van der Waals surface area contributed by atoms with Crippen LogP contribution in [-0.4, -0.2) is 25.1 Å². The summed E-state index contributed by atoms with van der Waals surface area (Å²) in [5, 5.41) is 3.32. The molecule has 0 unspecified atom stereocenters. The van der Waals surface area contributed by atoms with Crippen molar-refractivity contribution >= 4 is 29.2 Å². The largest absolute Gasteiger partial charge is 0.483 e. The van der Waals surface area contributed by atoms with Gasteiger partial charge in [-0.25, -0.2) is 4.79 Å². The van der Waals surface area contributed by atoms with Gasteiger partial charge in [-0.1, -0.05) is 31.0 Å². The zero-order valence-electron chi connectivity index (χ0n) is 14.9. The van der Waals surface area contributed by atoms with Crippen LogP contribution >= 0.6 is 11.6 Å². The van der Waals surface area contributed by atoms with Crippen LogP contribution in [0.15, 0.2) is 42.5 Å². The highest BCUT2D eigenvalue weighted by Gasteiger charge is 2.10. The van der Waals surface area contributed by atoms with Gasteiger partial charge in [0, 0.05) is 10.7 Å². The van der Waals surface area contributed by atoms with E-state index in [1.165, 1.54) is 0 Å². The third-order valence-corrected chi connectivity index (χ3v) is 3.84. The van der Waals surface area contributed by atoms with Gasteiger partial charge in [0.05, 0.1) is 12.2 Å². The highest BCUT2D eigenvalue weighted by Crippen LogP contribution is 2.21. The number of anilines is 1. The third kappa shape index (κ3) is 6.08. The van der Waals surface area contributed by atoms with Crippen LogP contribution in [0.1, 0.15) is 35.7 Å². The molecule has 0 heterocycles. The van der Waals surface area contributed by atoms with Crippen molar-refractivity contribution in [1.82, 2.24) is 0 Å². The zero-order chi connectivity index (χ0) is 18.9. The Morgan fingerprint density at radius 2 is 1.96 bits per heavy atom. The summed E-state index contributed by atoms with van der Waals surface area (Å²) in [5.74, 6) is -0.128. The Bertz CT molecular complexity index is 776. The SMILES string of the molecule is CCCCOC(=O)c1cccc(NC(=O)COc2ccc(Cl)cc2C)c1. The Kier molecular flexibility index (Phi) is 7.48. The molecule has 1 amide bonds. The van der Waals surface area contributed by atoms with Gasteiger partial charge in [-0.05, 0) is 55.3 Å². The fraction of sp³-hybridized carbons (Fsp3) is 0.300. The number of hydrogen-bond acceptors (Lipinski definition) is 4. The maximum Gasteiger partial charge on any atom is 0.338 e. The first kappa shape index (κ1) is 19.8. The number of carbonyl (C=O) groups is 2. The highest BCUT2D eigenvalue weighted by molar-refractivity contribution is 6.30. The van der Waals surface area contributed by atoms with Crippen molar-refractivity contribution in [1.29, 1.82) is 0 Å². The van der Waals surface area contributed by atoms with E-state index >= 15 is 0 Å². The van der Waals surface area contributed by atoms with E-state index in [4.69, 9.17) is 21.1 Å². The van der Waals surface area contributed by atoms with E-state index in [1.54, 1.807) is 42.5 Å². The lowest BCUT2D eigenvalue weighted by atomic mass is 10.2. The molecule has 2 rings (SSSR count). The minimum absolute atomic E-state index is 0.145.